The predicted octanol–water partition coefficient (Wildman–Crippen LogP) is 13.8. The third-order valence-electron chi connectivity index (χ3n) is 9.73. The van der Waals surface area contributed by atoms with E-state index in [9.17, 15) is 0 Å². The highest BCUT2D eigenvalue weighted by molar-refractivity contribution is 7.25. The Bertz CT molecular complexity index is 2780. The van der Waals surface area contributed by atoms with Gasteiger partial charge < -0.3 is 4.42 Å². The van der Waals surface area contributed by atoms with Gasteiger partial charge in [-0.3, -0.25) is 0 Å². The van der Waals surface area contributed by atoms with Crippen LogP contribution in [0.2, 0.25) is 0 Å². The molecule has 0 unspecified atom stereocenters. The Morgan fingerprint density at radius 1 is 0.333 bits per heavy atom. The van der Waals surface area contributed by atoms with Crippen molar-refractivity contribution < 1.29 is 4.42 Å². The lowest BCUT2D eigenvalue weighted by molar-refractivity contribution is 0.616. The molecule has 0 bridgehead atoms. The average Bonchev–Trinajstić information content (AvgIpc) is 3.78. The second-order valence-electron chi connectivity index (χ2n) is 12.5. The Balaban J connectivity index is 1.19. The van der Waals surface area contributed by atoms with Crippen LogP contribution in [0, 0.1) is 0 Å². The van der Waals surface area contributed by atoms with Crippen molar-refractivity contribution in [3.8, 4) is 44.5 Å². The molecule has 8 aromatic carbocycles. The molecule has 2 heterocycles. The van der Waals surface area contributed by atoms with E-state index < -0.39 is 0 Å². The molecule has 0 N–H and O–H groups in total. The van der Waals surface area contributed by atoms with Crippen molar-refractivity contribution in [1.82, 2.24) is 0 Å². The highest BCUT2D eigenvalue weighted by Gasteiger charge is 2.18. The average molecular weight is 629 g/mol. The van der Waals surface area contributed by atoms with E-state index in [0.29, 0.717) is 0 Å². The van der Waals surface area contributed by atoms with E-state index in [1.54, 1.807) is 6.26 Å². The zero-order valence-corrected chi connectivity index (χ0v) is 26.8. The predicted molar refractivity (Wildman–Crippen MR) is 206 cm³/mol. The van der Waals surface area contributed by atoms with Gasteiger partial charge in [-0.25, -0.2) is 0 Å². The van der Waals surface area contributed by atoms with Gasteiger partial charge in [0.05, 0.1) is 6.26 Å². The van der Waals surface area contributed by atoms with E-state index in [-0.39, 0.29) is 0 Å². The third-order valence-corrected chi connectivity index (χ3v) is 10.9. The quantitative estimate of drug-likeness (QED) is 0.177. The number of benzene rings is 8. The molecule has 2 heteroatoms. The van der Waals surface area contributed by atoms with Crippen molar-refractivity contribution in [2.75, 3.05) is 0 Å². The van der Waals surface area contributed by atoms with Crippen LogP contribution < -0.4 is 0 Å². The topological polar surface area (TPSA) is 13.1 Å². The smallest absolute Gasteiger partial charge is 0.133 e. The Labute approximate surface area is 282 Å². The van der Waals surface area contributed by atoms with Crippen LogP contribution >= 0.6 is 11.3 Å². The fourth-order valence-electron chi connectivity index (χ4n) is 7.49. The lowest BCUT2D eigenvalue weighted by Gasteiger charge is -2.18. The Morgan fingerprint density at radius 2 is 0.833 bits per heavy atom. The van der Waals surface area contributed by atoms with Crippen molar-refractivity contribution in [3.63, 3.8) is 0 Å². The molecule has 0 aliphatic rings. The summed E-state index contributed by atoms with van der Waals surface area (Å²) < 4.78 is 8.24. The molecule has 0 aliphatic carbocycles. The Hall–Kier alpha value is -5.96. The summed E-state index contributed by atoms with van der Waals surface area (Å²) in [6.45, 7) is 0. The normalized spacial score (nSPS) is 11.8. The lowest BCUT2D eigenvalue weighted by Crippen LogP contribution is -1.91. The summed E-state index contributed by atoms with van der Waals surface area (Å²) >= 11 is 1.87. The summed E-state index contributed by atoms with van der Waals surface area (Å²) in [5.41, 5.74) is 10.8. The van der Waals surface area contributed by atoms with Gasteiger partial charge in [0.25, 0.3) is 0 Å². The van der Waals surface area contributed by atoms with Crippen LogP contribution in [0.5, 0.6) is 0 Å². The van der Waals surface area contributed by atoms with Crippen LogP contribution in [0.4, 0.5) is 0 Å². The summed E-state index contributed by atoms with van der Waals surface area (Å²) in [7, 11) is 0. The van der Waals surface area contributed by atoms with Gasteiger partial charge in [-0.2, -0.15) is 0 Å². The molecule has 0 saturated carbocycles. The van der Waals surface area contributed by atoms with Gasteiger partial charge in [-0.05, 0) is 115 Å². The Morgan fingerprint density at radius 3 is 1.52 bits per heavy atom. The molecular formula is C46H28OS. The van der Waals surface area contributed by atoms with Crippen molar-refractivity contribution in [1.29, 1.82) is 0 Å². The van der Waals surface area contributed by atoms with Gasteiger partial charge in [0, 0.05) is 25.6 Å². The standard InChI is InChI=1S/C46H28OS/c1-2-9-29(10-3-1)32-18-21-43-40(27-32)41-28-35(19-22-44(41)48-43)46-38-15-6-4-13-36(38)45(37-14-5-7-16-39(37)46)34-12-8-11-30(26-34)31-17-20-42-33(25-31)23-24-47-42/h1-28H. The first-order chi connectivity index (χ1) is 23.8. The maximum absolute atomic E-state index is 5.61. The van der Waals surface area contributed by atoms with E-state index >= 15 is 0 Å². The third kappa shape index (κ3) is 4.31. The van der Waals surface area contributed by atoms with E-state index in [0.717, 1.165) is 11.0 Å². The van der Waals surface area contributed by atoms with Crippen molar-refractivity contribution in [2.24, 2.45) is 0 Å². The molecule has 0 saturated heterocycles. The number of furan rings is 1. The molecule has 0 radical (unpaired) electrons. The molecule has 224 valence electrons. The van der Waals surface area contributed by atoms with Crippen LogP contribution in [0.25, 0.3) is 97.2 Å². The van der Waals surface area contributed by atoms with Crippen LogP contribution in [-0.2, 0) is 0 Å². The van der Waals surface area contributed by atoms with Crippen molar-refractivity contribution in [3.05, 3.63) is 170 Å². The maximum Gasteiger partial charge on any atom is 0.133 e. The van der Waals surface area contributed by atoms with Crippen LogP contribution in [-0.4, -0.2) is 0 Å². The van der Waals surface area contributed by atoms with Crippen LogP contribution in [0.3, 0.4) is 0 Å². The van der Waals surface area contributed by atoms with E-state index in [1.165, 1.54) is 86.2 Å². The molecule has 0 amide bonds. The summed E-state index contributed by atoms with van der Waals surface area (Å²) in [5.74, 6) is 0. The molecule has 48 heavy (non-hydrogen) atoms. The molecule has 2 aromatic heterocycles. The summed E-state index contributed by atoms with van der Waals surface area (Å²) in [4.78, 5) is 0. The first-order valence-corrected chi connectivity index (χ1v) is 17.1. The minimum absolute atomic E-state index is 0.910. The van der Waals surface area contributed by atoms with Gasteiger partial charge in [0.2, 0.25) is 0 Å². The van der Waals surface area contributed by atoms with Crippen molar-refractivity contribution >= 4 is 64.0 Å². The molecule has 1 nitrogen and oxygen atoms in total. The number of thiophene rings is 1. The highest BCUT2D eigenvalue weighted by atomic mass is 32.1. The van der Waals surface area contributed by atoms with Crippen LogP contribution in [0.1, 0.15) is 0 Å². The van der Waals surface area contributed by atoms with Crippen LogP contribution in [0.15, 0.2) is 174 Å². The fourth-order valence-corrected chi connectivity index (χ4v) is 8.56. The van der Waals surface area contributed by atoms with Gasteiger partial charge in [-0.1, -0.05) is 115 Å². The second kappa shape index (κ2) is 10.8. The second-order valence-corrected chi connectivity index (χ2v) is 13.6. The SMILES string of the molecule is c1ccc(-c2ccc3sc4ccc(-c5c6ccccc6c(-c6cccc(-c7ccc8occc8c7)c6)c6ccccc56)cc4c3c2)cc1. The minimum atomic E-state index is 0.910. The summed E-state index contributed by atoms with van der Waals surface area (Å²) in [6.07, 6.45) is 1.76. The molecule has 10 rings (SSSR count). The fraction of sp³-hybridized carbons (Fsp3) is 0. The summed E-state index contributed by atoms with van der Waals surface area (Å²) in [5, 5.41) is 8.79. The molecular weight excluding hydrogens is 601 g/mol. The molecule has 0 atom stereocenters. The zero-order valence-electron chi connectivity index (χ0n) is 26.0. The minimum Gasteiger partial charge on any atom is -0.464 e. The van der Waals surface area contributed by atoms with Gasteiger partial charge in [0.15, 0.2) is 0 Å². The van der Waals surface area contributed by atoms with E-state index in [4.69, 9.17) is 4.42 Å². The van der Waals surface area contributed by atoms with Gasteiger partial charge in [0.1, 0.15) is 5.58 Å². The molecule has 0 fully saturated rings. The van der Waals surface area contributed by atoms with E-state index in [1.807, 2.05) is 17.4 Å². The first kappa shape index (κ1) is 27.2. The summed E-state index contributed by atoms with van der Waals surface area (Å²) in [6, 6.07) is 59.9. The van der Waals surface area contributed by atoms with E-state index in [2.05, 4.69) is 158 Å². The number of hydrogen-bond donors (Lipinski definition) is 0. The highest BCUT2D eigenvalue weighted by Crippen LogP contribution is 2.46. The van der Waals surface area contributed by atoms with Gasteiger partial charge in [-0.15, -0.1) is 11.3 Å². The largest absolute Gasteiger partial charge is 0.464 e. The number of hydrogen-bond acceptors (Lipinski definition) is 2. The molecule has 0 aliphatic heterocycles. The first-order valence-electron chi connectivity index (χ1n) is 16.3. The monoisotopic (exact) mass is 628 g/mol. The Kier molecular flexibility index (Phi) is 6.12. The molecule has 0 spiro atoms. The maximum atomic E-state index is 5.61. The molecule has 10 aromatic rings. The lowest BCUT2D eigenvalue weighted by atomic mass is 9.85. The van der Waals surface area contributed by atoms with Crippen molar-refractivity contribution in [2.45, 2.75) is 0 Å². The number of rotatable bonds is 4. The zero-order chi connectivity index (χ0) is 31.6. The van der Waals surface area contributed by atoms with Gasteiger partial charge >= 0.3 is 0 Å². The number of fused-ring (bicyclic) bond motifs is 6.